The second-order valence-electron chi connectivity index (χ2n) is 3.92. The maximum atomic E-state index is 10.9. The number of ether oxygens (including phenoxy) is 1. The van der Waals surface area contributed by atoms with Crippen LogP contribution in [0.15, 0.2) is 0 Å². The van der Waals surface area contributed by atoms with Gasteiger partial charge in [-0.05, 0) is 6.92 Å². The van der Waals surface area contributed by atoms with E-state index in [1.54, 1.807) is 0 Å². The van der Waals surface area contributed by atoms with Crippen LogP contribution in [0.25, 0.3) is 0 Å². The number of rotatable bonds is 6. The summed E-state index contributed by atoms with van der Waals surface area (Å²) in [5.41, 5.74) is -4.22. The van der Waals surface area contributed by atoms with Crippen molar-refractivity contribution in [3.63, 3.8) is 0 Å². The highest BCUT2D eigenvalue weighted by atomic mass is 16.5. The van der Waals surface area contributed by atoms with Crippen LogP contribution in [-0.4, -0.2) is 35.2 Å². The van der Waals surface area contributed by atoms with Crippen LogP contribution in [0.3, 0.4) is 0 Å². The summed E-state index contributed by atoms with van der Waals surface area (Å²) in [6.45, 7) is 2.10. The maximum Gasteiger partial charge on any atom is 0.329 e. The first kappa shape index (κ1) is 14.4. The summed E-state index contributed by atoms with van der Waals surface area (Å²) in [4.78, 5) is 31.9. The predicted octanol–water partition coefficient (Wildman–Crippen LogP) is -2.63. The highest BCUT2D eigenvalue weighted by Crippen LogP contribution is 2.33. The Balaban J connectivity index is 5.18. The molecule has 0 aromatic carbocycles. The Morgan fingerprint density at radius 3 is 1.81 bits per heavy atom. The second kappa shape index (κ2) is 4.48. The molecule has 0 spiro atoms. The fourth-order valence-electron chi connectivity index (χ4n) is 0.895. The third-order valence-electron chi connectivity index (χ3n) is 2.58. The molecule has 0 aliphatic carbocycles. The zero-order valence-corrected chi connectivity index (χ0v) is 9.10. The first-order chi connectivity index (χ1) is 7.05. The van der Waals surface area contributed by atoms with Crippen LogP contribution in [0.1, 0.15) is 20.8 Å². The Morgan fingerprint density at radius 1 is 1.12 bits per heavy atom. The largest absolute Gasteiger partial charge is 0.549 e. The minimum Gasteiger partial charge on any atom is -0.549 e. The van der Waals surface area contributed by atoms with Gasteiger partial charge in [-0.3, -0.25) is 0 Å². The Labute approximate surface area is 91.6 Å². The molecule has 0 aliphatic heterocycles. The summed E-state index contributed by atoms with van der Waals surface area (Å²) in [5.74, 6) is -4.91. The van der Waals surface area contributed by atoms with Crippen LogP contribution in [0.2, 0.25) is 0 Å². The number of carboxylic acid groups (broad SMARTS) is 3. The normalized spacial score (nSPS) is 15.2. The van der Waals surface area contributed by atoms with Gasteiger partial charge in [-0.2, -0.15) is 0 Å². The summed E-state index contributed by atoms with van der Waals surface area (Å²) in [6, 6.07) is 0. The lowest BCUT2D eigenvalue weighted by Gasteiger charge is -2.44. The lowest BCUT2D eigenvalue weighted by Crippen LogP contribution is -2.63. The van der Waals surface area contributed by atoms with E-state index >= 15 is 0 Å². The zero-order valence-electron chi connectivity index (χ0n) is 9.10. The minimum atomic E-state index is -2.29. The van der Waals surface area contributed by atoms with Crippen molar-refractivity contribution < 1.29 is 34.4 Å². The minimum absolute atomic E-state index is 0.932. The Hall–Kier alpha value is -1.63. The summed E-state index contributed by atoms with van der Waals surface area (Å²) in [6.07, 6.45) is 0. The molecule has 0 fully saturated rings. The van der Waals surface area contributed by atoms with E-state index in [1.165, 1.54) is 0 Å². The number of carboxylic acids is 3. The SMILES string of the molecule is CC(C)(C(=O)[O-])C(C)(OCC(=O)O)C(=O)[O-]. The van der Waals surface area contributed by atoms with Crippen molar-refractivity contribution in [2.45, 2.75) is 26.4 Å². The van der Waals surface area contributed by atoms with E-state index in [-0.39, 0.29) is 0 Å². The highest BCUT2D eigenvalue weighted by Gasteiger charge is 2.45. The molecule has 0 aliphatic rings. The molecule has 1 N–H and O–H groups in total. The van der Waals surface area contributed by atoms with Gasteiger partial charge in [-0.25, -0.2) is 4.79 Å². The van der Waals surface area contributed by atoms with Crippen molar-refractivity contribution in [2.75, 3.05) is 6.61 Å². The molecule has 0 rings (SSSR count). The standard InChI is InChI=1S/C9H14O7/c1-8(2,6(12)13)9(3,7(14)15)16-4-5(10)11/h4H2,1-3H3,(H,10,11)(H,12,13)(H,14,15)/p-2. The molecule has 1 unspecified atom stereocenters. The highest BCUT2D eigenvalue weighted by molar-refractivity contribution is 5.86. The number of hydrogen-bond donors (Lipinski definition) is 1. The molecule has 7 heteroatoms. The van der Waals surface area contributed by atoms with Gasteiger partial charge in [0.1, 0.15) is 12.2 Å². The molecule has 7 nitrogen and oxygen atoms in total. The fourth-order valence-corrected chi connectivity index (χ4v) is 0.895. The monoisotopic (exact) mass is 232 g/mol. The molecule has 0 aromatic heterocycles. The molecule has 0 bridgehead atoms. The molecule has 1 atom stereocenters. The van der Waals surface area contributed by atoms with Gasteiger partial charge >= 0.3 is 5.97 Å². The molecule has 0 radical (unpaired) electrons. The average molecular weight is 232 g/mol. The molecule has 92 valence electrons. The van der Waals surface area contributed by atoms with Crippen LogP contribution in [0.5, 0.6) is 0 Å². The van der Waals surface area contributed by atoms with Crippen molar-refractivity contribution in [3.05, 3.63) is 0 Å². The van der Waals surface area contributed by atoms with Gasteiger partial charge in [0.05, 0.1) is 11.9 Å². The Kier molecular flexibility index (Phi) is 4.02. The summed E-state index contributed by atoms with van der Waals surface area (Å²) in [5, 5.41) is 30.0. The van der Waals surface area contributed by atoms with Crippen molar-refractivity contribution >= 4 is 17.9 Å². The zero-order chi connectivity index (χ0) is 13.1. The molecular formula is C9H12O7-2. The lowest BCUT2D eigenvalue weighted by molar-refractivity contribution is -0.350. The van der Waals surface area contributed by atoms with E-state index in [1.807, 2.05) is 0 Å². The number of carbonyl (C=O) groups is 3. The lowest BCUT2D eigenvalue weighted by atomic mass is 9.76. The third-order valence-corrected chi connectivity index (χ3v) is 2.58. The van der Waals surface area contributed by atoms with Crippen LogP contribution >= 0.6 is 0 Å². The number of carbonyl (C=O) groups excluding carboxylic acids is 2. The first-order valence-corrected chi connectivity index (χ1v) is 4.34. The maximum absolute atomic E-state index is 10.9. The van der Waals surface area contributed by atoms with Crippen molar-refractivity contribution in [2.24, 2.45) is 5.41 Å². The van der Waals surface area contributed by atoms with E-state index < -0.39 is 35.5 Å². The van der Waals surface area contributed by atoms with Gasteiger partial charge < -0.3 is 29.6 Å². The van der Waals surface area contributed by atoms with Crippen molar-refractivity contribution in [1.82, 2.24) is 0 Å². The topological polar surface area (TPSA) is 127 Å². The van der Waals surface area contributed by atoms with Crippen LogP contribution in [0, 0.1) is 5.41 Å². The van der Waals surface area contributed by atoms with Crippen molar-refractivity contribution in [1.29, 1.82) is 0 Å². The van der Waals surface area contributed by atoms with Gasteiger partial charge in [-0.15, -0.1) is 0 Å². The molecule has 0 saturated heterocycles. The van der Waals surface area contributed by atoms with Crippen LogP contribution in [-0.2, 0) is 19.1 Å². The second-order valence-corrected chi connectivity index (χ2v) is 3.92. The summed E-state index contributed by atoms with van der Waals surface area (Å²) < 4.78 is 4.60. The molecule has 0 amide bonds. The Bertz CT molecular complexity index is 320. The van der Waals surface area contributed by atoms with Gasteiger partial charge in [0, 0.05) is 5.41 Å². The van der Waals surface area contributed by atoms with Crippen molar-refractivity contribution in [3.8, 4) is 0 Å². The van der Waals surface area contributed by atoms with E-state index in [2.05, 4.69) is 4.74 Å². The number of hydrogen-bond acceptors (Lipinski definition) is 6. The van der Waals surface area contributed by atoms with Gasteiger partial charge in [0.25, 0.3) is 0 Å². The van der Waals surface area contributed by atoms with Gasteiger partial charge in [0.2, 0.25) is 0 Å². The molecular weight excluding hydrogens is 220 g/mol. The third kappa shape index (κ3) is 2.48. The van der Waals surface area contributed by atoms with Gasteiger partial charge in [-0.1, -0.05) is 13.8 Å². The summed E-state index contributed by atoms with van der Waals surface area (Å²) in [7, 11) is 0. The smallest absolute Gasteiger partial charge is 0.329 e. The summed E-state index contributed by atoms with van der Waals surface area (Å²) >= 11 is 0. The van der Waals surface area contributed by atoms with Gasteiger partial charge in [0.15, 0.2) is 0 Å². The molecule has 0 aromatic rings. The van der Waals surface area contributed by atoms with E-state index in [4.69, 9.17) is 5.11 Å². The van der Waals surface area contributed by atoms with E-state index in [0.29, 0.717) is 0 Å². The molecule has 0 heterocycles. The molecule has 16 heavy (non-hydrogen) atoms. The van der Waals surface area contributed by atoms with E-state index in [9.17, 15) is 24.6 Å². The quantitative estimate of drug-likeness (QED) is 0.530. The average Bonchev–Trinajstić information content (AvgIpc) is 2.12. The Morgan fingerprint density at radius 2 is 1.56 bits per heavy atom. The fraction of sp³-hybridized carbons (Fsp3) is 0.667. The first-order valence-electron chi connectivity index (χ1n) is 4.34. The van der Waals surface area contributed by atoms with Crippen LogP contribution < -0.4 is 10.2 Å². The number of aliphatic carboxylic acids is 3. The van der Waals surface area contributed by atoms with Crippen LogP contribution in [0.4, 0.5) is 0 Å². The molecule has 0 saturated carbocycles. The van der Waals surface area contributed by atoms with E-state index in [0.717, 1.165) is 20.8 Å². The predicted molar refractivity (Wildman–Crippen MR) is 45.8 cm³/mol.